The number of sulfone groups is 1. The lowest BCUT2D eigenvalue weighted by molar-refractivity contribution is 0.146. The van der Waals surface area contributed by atoms with Crippen LogP contribution in [0.2, 0.25) is 0 Å². The predicted octanol–water partition coefficient (Wildman–Crippen LogP) is 3.07. The number of piperidine rings is 1. The average Bonchev–Trinajstić information content (AvgIpc) is 3.30. The van der Waals surface area contributed by atoms with E-state index in [2.05, 4.69) is 20.5 Å². The molecule has 1 unspecified atom stereocenters. The maximum absolute atomic E-state index is 11.5. The molecule has 0 aliphatic carbocycles. The van der Waals surface area contributed by atoms with E-state index in [1.807, 2.05) is 12.1 Å². The number of hydrogen-bond donors (Lipinski definition) is 2. The lowest BCUT2D eigenvalue weighted by atomic mass is 10.1. The number of nitrogens with zero attached hydrogens (tertiary/aromatic N) is 2. The van der Waals surface area contributed by atoms with Crippen LogP contribution in [0.15, 0.2) is 57.0 Å². The number of ether oxygens (including phenoxy) is 1. The van der Waals surface area contributed by atoms with Crippen LogP contribution in [0.1, 0.15) is 31.1 Å². The molecule has 1 aromatic carbocycles. The van der Waals surface area contributed by atoms with Gasteiger partial charge in [0.25, 0.3) is 0 Å². The van der Waals surface area contributed by atoms with Crippen molar-refractivity contribution in [2.24, 2.45) is 4.99 Å². The van der Waals surface area contributed by atoms with Crippen LogP contribution in [0.4, 0.5) is 0 Å². The van der Waals surface area contributed by atoms with E-state index < -0.39 is 9.84 Å². The van der Waals surface area contributed by atoms with Gasteiger partial charge in [0, 0.05) is 19.8 Å². The Bertz CT molecular complexity index is 927. The average molecular weight is 577 g/mol. The van der Waals surface area contributed by atoms with E-state index in [1.54, 1.807) is 37.6 Å². The number of aliphatic imine (C=N–C) groups is 1. The number of halogens is 1. The van der Waals surface area contributed by atoms with E-state index in [4.69, 9.17) is 9.15 Å². The van der Waals surface area contributed by atoms with E-state index in [0.29, 0.717) is 31.4 Å². The molecule has 1 aliphatic rings. The monoisotopic (exact) mass is 576 g/mol. The largest absolute Gasteiger partial charge is 0.492 e. The number of guanidine groups is 1. The predicted molar refractivity (Wildman–Crippen MR) is 137 cm³/mol. The molecule has 1 saturated heterocycles. The number of hydrogen-bond acceptors (Lipinski definition) is 6. The topological polar surface area (TPSA) is 96.2 Å². The quantitative estimate of drug-likeness (QED) is 0.205. The van der Waals surface area contributed by atoms with Crippen LogP contribution in [0.3, 0.4) is 0 Å². The highest BCUT2D eigenvalue weighted by atomic mass is 127. The Balaban J connectivity index is 0.00000363. The normalized spacial score (nSPS) is 16.1. The molecule has 8 nitrogen and oxygen atoms in total. The van der Waals surface area contributed by atoms with E-state index in [0.717, 1.165) is 18.8 Å². The lowest BCUT2D eigenvalue weighted by Crippen LogP contribution is -2.45. The zero-order valence-corrected chi connectivity index (χ0v) is 21.8. The molecule has 1 aliphatic heterocycles. The third-order valence-corrected chi connectivity index (χ3v) is 6.43. The Morgan fingerprint density at radius 1 is 1.16 bits per heavy atom. The van der Waals surface area contributed by atoms with Crippen molar-refractivity contribution < 1.29 is 17.6 Å². The molecule has 10 heteroatoms. The van der Waals surface area contributed by atoms with Crippen molar-refractivity contribution >= 4 is 39.8 Å². The third kappa shape index (κ3) is 7.96. The molecule has 3 rings (SSSR count). The van der Waals surface area contributed by atoms with Crippen LogP contribution in [0.5, 0.6) is 5.75 Å². The van der Waals surface area contributed by atoms with Crippen LogP contribution < -0.4 is 15.4 Å². The van der Waals surface area contributed by atoms with Gasteiger partial charge in [0.05, 0.1) is 23.7 Å². The van der Waals surface area contributed by atoms with Gasteiger partial charge in [-0.3, -0.25) is 9.89 Å². The molecule has 0 radical (unpaired) electrons. The Hall–Kier alpha value is -1.79. The maximum atomic E-state index is 11.5. The van der Waals surface area contributed by atoms with Crippen molar-refractivity contribution in [2.45, 2.75) is 30.2 Å². The number of nitrogens with one attached hydrogen (secondary N) is 2. The summed E-state index contributed by atoms with van der Waals surface area (Å²) in [4.78, 5) is 7.04. The van der Waals surface area contributed by atoms with Gasteiger partial charge in [-0.1, -0.05) is 6.42 Å². The summed E-state index contributed by atoms with van der Waals surface area (Å²) in [6.07, 6.45) is 6.63. The zero-order valence-electron chi connectivity index (χ0n) is 18.6. The van der Waals surface area contributed by atoms with Gasteiger partial charge < -0.3 is 19.8 Å². The van der Waals surface area contributed by atoms with E-state index in [1.165, 1.54) is 25.5 Å². The summed E-state index contributed by atoms with van der Waals surface area (Å²) in [5.41, 5.74) is 0. The fourth-order valence-corrected chi connectivity index (χ4v) is 4.29. The van der Waals surface area contributed by atoms with Gasteiger partial charge in [0.2, 0.25) is 0 Å². The highest BCUT2D eigenvalue weighted by molar-refractivity contribution is 14.0. The molecule has 2 aromatic rings. The molecule has 1 aromatic heterocycles. The maximum Gasteiger partial charge on any atom is 0.191 e. The Kier molecular flexibility index (Phi) is 10.8. The summed E-state index contributed by atoms with van der Waals surface area (Å²) < 4.78 is 34.4. The number of benzene rings is 1. The van der Waals surface area contributed by atoms with Crippen LogP contribution in [-0.4, -0.2) is 65.4 Å². The minimum Gasteiger partial charge on any atom is -0.492 e. The molecule has 2 heterocycles. The highest BCUT2D eigenvalue weighted by Gasteiger charge is 2.24. The van der Waals surface area contributed by atoms with Gasteiger partial charge in [-0.05, 0) is 62.3 Å². The molecule has 1 fully saturated rings. The second kappa shape index (κ2) is 13.0. The summed E-state index contributed by atoms with van der Waals surface area (Å²) >= 11 is 0. The van der Waals surface area contributed by atoms with Gasteiger partial charge >= 0.3 is 0 Å². The second-order valence-corrected chi connectivity index (χ2v) is 9.62. The first kappa shape index (κ1) is 26.5. The first-order valence-corrected chi connectivity index (χ1v) is 12.5. The Morgan fingerprint density at radius 3 is 2.47 bits per heavy atom. The molecule has 32 heavy (non-hydrogen) atoms. The second-order valence-electron chi connectivity index (χ2n) is 7.60. The minimum atomic E-state index is -3.20. The first-order valence-electron chi connectivity index (χ1n) is 10.6. The molecular weight excluding hydrogens is 543 g/mol. The van der Waals surface area contributed by atoms with Gasteiger partial charge in [0.1, 0.15) is 18.1 Å². The number of likely N-dealkylation sites (tertiary alicyclic amines) is 1. The van der Waals surface area contributed by atoms with Gasteiger partial charge in [-0.2, -0.15) is 0 Å². The van der Waals surface area contributed by atoms with E-state index >= 15 is 0 Å². The minimum absolute atomic E-state index is 0. The van der Waals surface area contributed by atoms with Crippen molar-refractivity contribution in [3.05, 3.63) is 48.4 Å². The van der Waals surface area contributed by atoms with Crippen LogP contribution in [0.25, 0.3) is 0 Å². The third-order valence-electron chi connectivity index (χ3n) is 5.30. The molecule has 1 atom stereocenters. The van der Waals surface area contributed by atoms with Crippen molar-refractivity contribution in [2.75, 3.05) is 46.1 Å². The molecule has 0 amide bonds. The molecule has 0 spiro atoms. The fourth-order valence-electron chi connectivity index (χ4n) is 3.66. The smallest absolute Gasteiger partial charge is 0.191 e. The molecule has 178 valence electrons. The first-order chi connectivity index (χ1) is 15.0. The zero-order chi connectivity index (χ0) is 22.1. The summed E-state index contributed by atoms with van der Waals surface area (Å²) in [5.74, 6) is 2.29. The summed E-state index contributed by atoms with van der Waals surface area (Å²) in [7, 11) is -1.46. The van der Waals surface area contributed by atoms with Crippen LogP contribution >= 0.6 is 24.0 Å². The standard InChI is InChI=1S/C22H32N4O4S.HI/c1-23-22(24-12-16-29-18-8-10-19(11-9-18)31(2,27)28)25-17-20(21-7-6-15-30-21)26-13-4-3-5-14-26;/h6-11,15,20H,3-5,12-14,16-17H2,1-2H3,(H2,23,24,25);1H. The number of furan rings is 1. The summed E-state index contributed by atoms with van der Waals surface area (Å²) in [6, 6.07) is 10.5. The van der Waals surface area contributed by atoms with E-state index in [9.17, 15) is 8.42 Å². The van der Waals surface area contributed by atoms with Crippen molar-refractivity contribution in [3.63, 3.8) is 0 Å². The lowest BCUT2D eigenvalue weighted by Gasteiger charge is -2.33. The molecular formula is C22H33IN4O4S. The van der Waals surface area contributed by atoms with Crippen molar-refractivity contribution in [3.8, 4) is 5.75 Å². The van der Waals surface area contributed by atoms with Gasteiger partial charge in [-0.15, -0.1) is 24.0 Å². The number of rotatable bonds is 9. The van der Waals surface area contributed by atoms with Crippen molar-refractivity contribution in [1.29, 1.82) is 0 Å². The van der Waals surface area contributed by atoms with Gasteiger partial charge in [-0.25, -0.2) is 8.42 Å². The van der Waals surface area contributed by atoms with Crippen LogP contribution in [-0.2, 0) is 9.84 Å². The molecule has 0 bridgehead atoms. The highest BCUT2D eigenvalue weighted by Crippen LogP contribution is 2.24. The molecule has 2 N–H and O–H groups in total. The Morgan fingerprint density at radius 2 is 1.88 bits per heavy atom. The van der Waals surface area contributed by atoms with Crippen LogP contribution in [0, 0.1) is 0 Å². The Labute approximate surface area is 207 Å². The van der Waals surface area contributed by atoms with Gasteiger partial charge in [0.15, 0.2) is 15.8 Å². The summed E-state index contributed by atoms with van der Waals surface area (Å²) in [6.45, 7) is 3.83. The fraction of sp³-hybridized carbons (Fsp3) is 0.500. The summed E-state index contributed by atoms with van der Waals surface area (Å²) in [5, 5.41) is 6.64. The van der Waals surface area contributed by atoms with E-state index in [-0.39, 0.29) is 34.9 Å². The van der Waals surface area contributed by atoms with Crippen molar-refractivity contribution in [1.82, 2.24) is 15.5 Å². The molecule has 0 saturated carbocycles. The SMILES string of the molecule is CN=C(NCCOc1ccc(S(C)(=O)=O)cc1)NCC(c1ccco1)N1CCCCC1.I.